The molecule has 1 fully saturated rings. The SMILES string of the molecule is CC(O)C1CC(NC(=O)OC(C)(C)C)CN(C(=O)C(C)(C)C)C1. The van der Waals surface area contributed by atoms with Crippen LogP contribution in [0.2, 0.25) is 0 Å². The number of hydrogen-bond donors (Lipinski definition) is 2. The molecular weight excluding hydrogens is 296 g/mol. The van der Waals surface area contributed by atoms with E-state index in [0.717, 1.165) is 0 Å². The Hall–Kier alpha value is -1.30. The average Bonchev–Trinajstić information content (AvgIpc) is 2.33. The maximum absolute atomic E-state index is 12.5. The molecule has 134 valence electrons. The standard InChI is InChI=1S/C17H32N2O4/c1-11(20)12-8-13(18-15(22)23-17(5,6)7)10-19(9-12)14(21)16(2,3)4/h11-13,20H,8-10H2,1-7H3,(H,18,22). The number of nitrogens with one attached hydrogen (secondary N) is 1. The maximum atomic E-state index is 12.5. The van der Waals surface area contributed by atoms with Crippen LogP contribution < -0.4 is 5.32 Å². The number of carbonyl (C=O) groups excluding carboxylic acids is 2. The van der Waals surface area contributed by atoms with Crippen LogP contribution in [-0.2, 0) is 9.53 Å². The Morgan fingerprint density at radius 1 is 1.17 bits per heavy atom. The lowest BCUT2D eigenvalue weighted by atomic mass is 9.87. The monoisotopic (exact) mass is 328 g/mol. The van der Waals surface area contributed by atoms with Gasteiger partial charge in [-0.15, -0.1) is 0 Å². The first kappa shape index (κ1) is 19.7. The Morgan fingerprint density at radius 2 is 1.74 bits per heavy atom. The zero-order chi connectivity index (χ0) is 18.0. The summed E-state index contributed by atoms with van der Waals surface area (Å²) in [5.74, 6) is -0.0335. The van der Waals surface area contributed by atoms with E-state index in [-0.39, 0.29) is 17.9 Å². The van der Waals surface area contributed by atoms with E-state index >= 15 is 0 Å². The second-order valence-electron chi connectivity index (χ2n) is 8.54. The molecule has 1 rings (SSSR count). The summed E-state index contributed by atoms with van der Waals surface area (Å²) in [6, 6.07) is -0.218. The molecule has 3 unspecified atom stereocenters. The van der Waals surface area contributed by atoms with Crippen LogP contribution in [-0.4, -0.2) is 52.8 Å². The number of aliphatic hydroxyl groups excluding tert-OH is 1. The van der Waals surface area contributed by atoms with Crippen molar-refractivity contribution < 1.29 is 19.4 Å². The van der Waals surface area contributed by atoms with Gasteiger partial charge in [0.15, 0.2) is 0 Å². The molecular formula is C17H32N2O4. The number of aliphatic hydroxyl groups is 1. The summed E-state index contributed by atoms with van der Waals surface area (Å²) in [5.41, 5.74) is -1.06. The Balaban J connectivity index is 2.79. The molecule has 23 heavy (non-hydrogen) atoms. The molecule has 1 aliphatic rings. The van der Waals surface area contributed by atoms with Gasteiger partial charge in [-0.2, -0.15) is 0 Å². The van der Waals surface area contributed by atoms with E-state index in [4.69, 9.17) is 4.74 Å². The number of carbonyl (C=O) groups is 2. The van der Waals surface area contributed by atoms with E-state index in [2.05, 4.69) is 5.32 Å². The van der Waals surface area contributed by atoms with Crippen molar-refractivity contribution in [3.05, 3.63) is 0 Å². The molecule has 3 atom stereocenters. The van der Waals surface area contributed by atoms with E-state index in [0.29, 0.717) is 19.5 Å². The van der Waals surface area contributed by atoms with Crippen LogP contribution in [0.4, 0.5) is 4.79 Å². The highest BCUT2D eigenvalue weighted by molar-refractivity contribution is 5.81. The van der Waals surface area contributed by atoms with Crippen molar-refractivity contribution >= 4 is 12.0 Å². The van der Waals surface area contributed by atoms with Crippen LogP contribution in [0, 0.1) is 11.3 Å². The molecule has 0 radical (unpaired) electrons. The second-order valence-corrected chi connectivity index (χ2v) is 8.54. The molecule has 0 aromatic heterocycles. The molecule has 0 spiro atoms. The minimum atomic E-state index is -0.566. The third-order valence-corrected chi connectivity index (χ3v) is 3.81. The Bertz CT molecular complexity index is 435. The lowest BCUT2D eigenvalue weighted by Crippen LogP contribution is -2.56. The minimum Gasteiger partial charge on any atom is -0.444 e. The molecule has 0 saturated carbocycles. The number of rotatable bonds is 2. The first-order valence-corrected chi connectivity index (χ1v) is 8.26. The van der Waals surface area contributed by atoms with Crippen LogP contribution in [0.25, 0.3) is 0 Å². The smallest absolute Gasteiger partial charge is 0.407 e. The van der Waals surface area contributed by atoms with Gasteiger partial charge in [0.05, 0.1) is 12.1 Å². The topological polar surface area (TPSA) is 78.9 Å². The number of hydrogen-bond acceptors (Lipinski definition) is 4. The van der Waals surface area contributed by atoms with E-state index in [1.165, 1.54) is 0 Å². The largest absolute Gasteiger partial charge is 0.444 e. The van der Waals surface area contributed by atoms with Gasteiger partial charge in [-0.05, 0) is 34.1 Å². The van der Waals surface area contributed by atoms with Gasteiger partial charge >= 0.3 is 6.09 Å². The number of piperidine rings is 1. The van der Waals surface area contributed by atoms with Crippen LogP contribution in [0.3, 0.4) is 0 Å². The lowest BCUT2D eigenvalue weighted by molar-refractivity contribution is -0.142. The molecule has 0 aromatic rings. The third kappa shape index (κ3) is 6.37. The van der Waals surface area contributed by atoms with Crippen molar-refractivity contribution in [2.75, 3.05) is 13.1 Å². The molecule has 2 N–H and O–H groups in total. The van der Waals surface area contributed by atoms with Crippen molar-refractivity contribution in [3.63, 3.8) is 0 Å². The fourth-order valence-corrected chi connectivity index (χ4v) is 2.71. The molecule has 0 aromatic carbocycles. The molecule has 6 heteroatoms. The van der Waals surface area contributed by atoms with Crippen molar-refractivity contribution in [2.45, 2.75) is 72.6 Å². The third-order valence-electron chi connectivity index (χ3n) is 3.81. The number of ether oxygens (including phenoxy) is 1. The summed E-state index contributed by atoms with van der Waals surface area (Å²) in [4.78, 5) is 26.3. The van der Waals surface area contributed by atoms with Gasteiger partial charge in [0.2, 0.25) is 5.91 Å². The second kappa shape index (κ2) is 7.07. The predicted molar refractivity (Wildman–Crippen MR) is 89.0 cm³/mol. The summed E-state index contributed by atoms with van der Waals surface area (Å²) >= 11 is 0. The molecule has 6 nitrogen and oxygen atoms in total. The summed E-state index contributed by atoms with van der Waals surface area (Å²) < 4.78 is 5.28. The summed E-state index contributed by atoms with van der Waals surface area (Å²) in [6.07, 6.45) is -0.393. The molecule has 0 aliphatic carbocycles. The molecule has 0 bridgehead atoms. The van der Waals surface area contributed by atoms with Crippen molar-refractivity contribution in [2.24, 2.45) is 11.3 Å². The average molecular weight is 328 g/mol. The van der Waals surface area contributed by atoms with Crippen molar-refractivity contribution in [1.82, 2.24) is 10.2 Å². The zero-order valence-electron chi connectivity index (χ0n) is 15.5. The molecule has 1 aliphatic heterocycles. The van der Waals surface area contributed by atoms with Gasteiger partial charge in [-0.3, -0.25) is 4.79 Å². The number of likely N-dealkylation sites (tertiary alicyclic amines) is 1. The highest BCUT2D eigenvalue weighted by Crippen LogP contribution is 2.25. The molecule has 1 saturated heterocycles. The fraction of sp³-hybridized carbons (Fsp3) is 0.882. The van der Waals surface area contributed by atoms with Gasteiger partial charge in [0.25, 0.3) is 0 Å². The lowest BCUT2D eigenvalue weighted by Gasteiger charge is -2.41. The normalized spacial score (nSPS) is 24.1. The van der Waals surface area contributed by atoms with Crippen LogP contribution in [0.15, 0.2) is 0 Å². The fourth-order valence-electron chi connectivity index (χ4n) is 2.71. The Kier molecular flexibility index (Phi) is 6.07. The van der Waals surface area contributed by atoms with Crippen molar-refractivity contribution in [3.8, 4) is 0 Å². The van der Waals surface area contributed by atoms with E-state index in [9.17, 15) is 14.7 Å². The van der Waals surface area contributed by atoms with E-state index in [1.807, 2.05) is 41.5 Å². The van der Waals surface area contributed by atoms with E-state index < -0.39 is 23.2 Å². The summed E-state index contributed by atoms with van der Waals surface area (Å²) in [5, 5.41) is 12.8. The van der Waals surface area contributed by atoms with Gasteiger partial charge in [0, 0.05) is 24.4 Å². The number of alkyl carbamates (subject to hydrolysis) is 1. The quantitative estimate of drug-likeness (QED) is 0.814. The Morgan fingerprint density at radius 3 is 2.17 bits per heavy atom. The van der Waals surface area contributed by atoms with Gasteiger partial charge in [-0.25, -0.2) is 4.79 Å². The highest BCUT2D eigenvalue weighted by atomic mass is 16.6. The van der Waals surface area contributed by atoms with Crippen molar-refractivity contribution in [1.29, 1.82) is 0 Å². The first-order valence-electron chi connectivity index (χ1n) is 8.26. The first-order chi connectivity index (χ1) is 10.3. The summed E-state index contributed by atoms with van der Waals surface area (Å²) in [6.45, 7) is 13.7. The maximum Gasteiger partial charge on any atom is 0.407 e. The number of nitrogens with zero attached hydrogens (tertiary/aromatic N) is 1. The van der Waals surface area contributed by atoms with Gasteiger partial charge in [0.1, 0.15) is 5.60 Å². The Labute approximate surface area is 139 Å². The zero-order valence-corrected chi connectivity index (χ0v) is 15.5. The van der Waals surface area contributed by atoms with Crippen LogP contribution in [0.5, 0.6) is 0 Å². The van der Waals surface area contributed by atoms with Crippen LogP contribution in [0.1, 0.15) is 54.9 Å². The van der Waals surface area contributed by atoms with Gasteiger partial charge in [-0.1, -0.05) is 20.8 Å². The minimum absolute atomic E-state index is 0.0267. The predicted octanol–water partition coefficient (Wildman–Crippen LogP) is 2.16. The molecule has 2 amide bonds. The highest BCUT2D eigenvalue weighted by Gasteiger charge is 2.37. The summed E-state index contributed by atoms with van der Waals surface area (Å²) in [7, 11) is 0. The van der Waals surface area contributed by atoms with Crippen LogP contribution >= 0.6 is 0 Å². The molecule has 1 heterocycles. The van der Waals surface area contributed by atoms with Gasteiger partial charge < -0.3 is 20.1 Å². The number of amides is 2. The van der Waals surface area contributed by atoms with E-state index in [1.54, 1.807) is 11.8 Å².